The molecule has 0 bridgehead atoms. The lowest BCUT2D eigenvalue weighted by Gasteiger charge is -2.46. The van der Waals surface area contributed by atoms with Gasteiger partial charge in [0.2, 0.25) is 0 Å². The van der Waals surface area contributed by atoms with Gasteiger partial charge in [0.15, 0.2) is 12.2 Å². The van der Waals surface area contributed by atoms with Crippen LogP contribution in [0.25, 0.3) is 0 Å². The number of carbonyl (C=O) groups is 1. The molecule has 1 saturated carbocycles. The van der Waals surface area contributed by atoms with Crippen molar-refractivity contribution in [2.75, 3.05) is 0 Å². The molecule has 1 aliphatic carbocycles. The standard InChI is InChI=1S/C8H14O8.ClH/c1-2(9)16-8(15)6(13)4(11)3(10)5(12)7(8)14;/h3-7,10-15H,1H3;1H/t3-,4-,5+,6-,7-,8-;/m1./s1. The van der Waals surface area contributed by atoms with Crippen LogP contribution in [0.3, 0.4) is 0 Å². The Hall–Kier alpha value is -0.480. The highest BCUT2D eigenvalue weighted by Gasteiger charge is 2.60. The third-order valence-corrected chi connectivity index (χ3v) is 2.50. The summed E-state index contributed by atoms with van der Waals surface area (Å²) in [6.45, 7) is 0.904. The first-order chi connectivity index (χ1) is 7.21. The number of aliphatic hydroxyl groups is 6. The van der Waals surface area contributed by atoms with Crippen LogP contribution in [-0.2, 0) is 9.53 Å². The van der Waals surface area contributed by atoms with Crippen molar-refractivity contribution in [3.05, 3.63) is 0 Å². The molecule has 6 N–H and O–H groups in total. The van der Waals surface area contributed by atoms with Gasteiger partial charge in [0.1, 0.15) is 18.3 Å². The van der Waals surface area contributed by atoms with E-state index >= 15 is 0 Å². The summed E-state index contributed by atoms with van der Waals surface area (Å²) in [6, 6.07) is 0. The fourth-order valence-electron chi connectivity index (χ4n) is 1.59. The molecule has 0 aliphatic heterocycles. The molecule has 1 fully saturated rings. The third-order valence-electron chi connectivity index (χ3n) is 2.50. The molecule has 0 aromatic rings. The van der Waals surface area contributed by atoms with Gasteiger partial charge in [-0.2, -0.15) is 0 Å². The Morgan fingerprint density at radius 1 is 1.00 bits per heavy atom. The molecule has 0 saturated heterocycles. The molecule has 0 heterocycles. The average Bonchev–Trinajstić information content (AvgIpc) is 2.21. The van der Waals surface area contributed by atoms with Crippen molar-refractivity contribution in [3.8, 4) is 0 Å². The first-order valence-electron chi connectivity index (χ1n) is 4.54. The minimum atomic E-state index is -2.86. The molecule has 9 heteroatoms. The van der Waals surface area contributed by atoms with Crippen molar-refractivity contribution >= 4 is 18.4 Å². The molecular weight excluding hydrogens is 260 g/mol. The molecule has 1 aliphatic rings. The van der Waals surface area contributed by atoms with Crippen LogP contribution in [0.5, 0.6) is 0 Å². The van der Waals surface area contributed by atoms with E-state index in [2.05, 4.69) is 4.74 Å². The van der Waals surface area contributed by atoms with Crippen molar-refractivity contribution in [1.29, 1.82) is 0 Å². The number of ether oxygens (including phenoxy) is 1. The van der Waals surface area contributed by atoms with E-state index in [1.807, 2.05) is 0 Å². The van der Waals surface area contributed by atoms with E-state index in [-0.39, 0.29) is 12.4 Å². The molecule has 8 nitrogen and oxygen atoms in total. The van der Waals surface area contributed by atoms with E-state index in [0.29, 0.717) is 0 Å². The monoisotopic (exact) mass is 274 g/mol. The van der Waals surface area contributed by atoms with E-state index < -0.39 is 42.3 Å². The second kappa shape index (κ2) is 5.44. The Morgan fingerprint density at radius 2 is 1.35 bits per heavy atom. The predicted molar refractivity (Wildman–Crippen MR) is 54.0 cm³/mol. The average molecular weight is 275 g/mol. The van der Waals surface area contributed by atoms with Gasteiger partial charge in [-0.25, -0.2) is 0 Å². The summed E-state index contributed by atoms with van der Waals surface area (Å²) in [5, 5.41) is 56.2. The molecule has 0 spiro atoms. The van der Waals surface area contributed by atoms with Gasteiger partial charge < -0.3 is 35.4 Å². The molecule has 6 atom stereocenters. The van der Waals surface area contributed by atoms with Crippen LogP contribution in [-0.4, -0.2) is 72.9 Å². The molecule has 0 unspecified atom stereocenters. The van der Waals surface area contributed by atoms with Gasteiger partial charge >= 0.3 is 5.97 Å². The molecule has 1 rings (SSSR count). The zero-order chi connectivity index (χ0) is 12.7. The SMILES string of the molecule is CC(=O)O[C@]1(O)[C@H](O)[C@H](O)[C@@H](O)[C@H](O)[C@H]1O.Cl. The zero-order valence-corrected chi connectivity index (χ0v) is 9.61. The van der Waals surface area contributed by atoms with E-state index in [4.69, 9.17) is 0 Å². The smallest absolute Gasteiger partial charge is 0.305 e. The van der Waals surface area contributed by atoms with Crippen LogP contribution < -0.4 is 0 Å². The molecule has 0 aromatic carbocycles. The topological polar surface area (TPSA) is 148 Å². The summed E-state index contributed by atoms with van der Waals surface area (Å²) >= 11 is 0. The lowest BCUT2D eigenvalue weighted by Crippen LogP contribution is -2.72. The Morgan fingerprint density at radius 3 is 1.65 bits per heavy atom. The van der Waals surface area contributed by atoms with Crippen LogP contribution >= 0.6 is 12.4 Å². The third kappa shape index (κ3) is 2.68. The van der Waals surface area contributed by atoms with Gasteiger partial charge in [-0.05, 0) is 0 Å². The van der Waals surface area contributed by atoms with Crippen molar-refractivity contribution in [2.24, 2.45) is 0 Å². The minimum Gasteiger partial charge on any atom is -0.427 e. The maximum absolute atomic E-state index is 10.7. The lowest BCUT2D eigenvalue weighted by molar-refractivity contribution is -0.347. The van der Waals surface area contributed by atoms with E-state index in [1.165, 1.54) is 0 Å². The Kier molecular flexibility index (Phi) is 5.29. The highest BCUT2D eigenvalue weighted by molar-refractivity contribution is 5.85. The van der Waals surface area contributed by atoms with Crippen molar-refractivity contribution < 1.29 is 40.2 Å². The largest absolute Gasteiger partial charge is 0.427 e. The summed E-state index contributed by atoms with van der Waals surface area (Å²) < 4.78 is 4.28. The summed E-state index contributed by atoms with van der Waals surface area (Å²) in [6.07, 6.45) is -10.0. The Bertz CT molecular complexity index is 269. The zero-order valence-electron chi connectivity index (χ0n) is 8.79. The van der Waals surface area contributed by atoms with Crippen LogP contribution in [0.1, 0.15) is 6.92 Å². The van der Waals surface area contributed by atoms with Gasteiger partial charge in [-0.15, -0.1) is 12.4 Å². The van der Waals surface area contributed by atoms with Crippen LogP contribution in [0, 0.1) is 0 Å². The van der Waals surface area contributed by atoms with Gasteiger partial charge in [-0.3, -0.25) is 4.79 Å². The van der Waals surface area contributed by atoms with Crippen LogP contribution in [0.4, 0.5) is 0 Å². The van der Waals surface area contributed by atoms with E-state index in [1.54, 1.807) is 0 Å². The van der Waals surface area contributed by atoms with Crippen molar-refractivity contribution in [1.82, 2.24) is 0 Å². The van der Waals surface area contributed by atoms with E-state index in [9.17, 15) is 35.4 Å². The maximum atomic E-state index is 10.7. The summed E-state index contributed by atoms with van der Waals surface area (Å²) in [7, 11) is 0. The quantitative estimate of drug-likeness (QED) is 0.213. The first-order valence-corrected chi connectivity index (χ1v) is 4.54. The highest BCUT2D eigenvalue weighted by atomic mass is 35.5. The number of rotatable bonds is 1. The summed E-state index contributed by atoms with van der Waals surface area (Å²) in [5.74, 6) is -3.89. The number of esters is 1. The second-order valence-electron chi connectivity index (χ2n) is 3.71. The fourth-order valence-corrected chi connectivity index (χ4v) is 1.59. The van der Waals surface area contributed by atoms with E-state index in [0.717, 1.165) is 6.92 Å². The molecule has 17 heavy (non-hydrogen) atoms. The fraction of sp³-hybridized carbons (Fsp3) is 0.875. The molecule has 0 amide bonds. The maximum Gasteiger partial charge on any atom is 0.305 e. The molecule has 0 radical (unpaired) electrons. The van der Waals surface area contributed by atoms with Crippen molar-refractivity contribution in [3.63, 3.8) is 0 Å². The van der Waals surface area contributed by atoms with Gasteiger partial charge in [0, 0.05) is 6.92 Å². The number of hydrogen-bond donors (Lipinski definition) is 6. The van der Waals surface area contributed by atoms with Gasteiger partial charge in [0.25, 0.3) is 5.79 Å². The van der Waals surface area contributed by atoms with Crippen molar-refractivity contribution in [2.45, 2.75) is 43.2 Å². The molecule has 0 aromatic heterocycles. The Balaban J connectivity index is 0.00000256. The van der Waals surface area contributed by atoms with Crippen LogP contribution in [0.2, 0.25) is 0 Å². The Labute approximate surface area is 102 Å². The number of halogens is 1. The van der Waals surface area contributed by atoms with Gasteiger partial charge in [-0.1, -0.05) is 0 Å². The predicted octanol–water partition coefficient (Wildman–Crippen LogP) is -3.52. The molecular formula is C8H15ClO8. The normalized spacial score (nSPS) is 45.9. The van der Waals surface area contributed by atoms with Crippen LogP contribution in [0.15, 0.2) is 0 Å². The second-order valence-corrected chi connectivity index (χ2v) is 3.71. The number of hydrogen-bond acceptors (Lipinski definition) is 8. The number of aliphatic hydroxyl groups excluding tert-OH is 5. The summed E-state index contributed by atoms with van der Waals surface area (Å²) in [5.41, 5.74) is 0. The first kappa shape index (κ1) is 16.5. The van der Waals surface area contributed by atoms with Gasteiger partial charge in [0.05, 0.1) is 0 Å². The lowest BCUT2D eigenvalue weighted by atomic mass is 9.82. The molecule has 102 valence electrons. The minimum absolute atomic E-state index is 0. The number of carbonyl (C=O) groups excluding carboxylic acids is 1. The highest BCUT2D eigenvalue weighted by Crippen LogP contribution is 2.31. The summed E-state index contributed by atoms with van der Waals surface area (Å²) in [4.78, 5) is 10.7.